The lowest BCUT2D eigenvalue weighted by atomic mass is 9.96. The molecule has 7 heteroatoms. The molecule has 0 saturated carbocycles. The molecule has 17 heavy (non-hydrogen) atoms. The highest BCUT2D eigenvalue weighted by Crippen LogP contribution is 2.21. The molecule has 2 unspecified atom stereocenters. The maximum atomic E-state index is 10.5. The quantitative estimate of drug-likeness (QED) is 0.599. The van der Waals surface area contributed by atoms with Gasteiger partial charge in [0.25, 0.3) is 0 Å². The number of β-amino-alcohol motifs (C(OH)–C–C–N with tert-alkyl or cyclic N) is 1. The Hall–Kier alpha value is -1.76. The van der Waals surface area contributed by atoms with E-state index in [-0.39, 0.29) is 11.6 Å². The topological polar surface area (TPSA) is 92.4 Å². The summed E-state index contributed by atoms with van der Waals surface area (Å²) in [6.45, 7) is 3.23. The molecule has 1 aromatic rings. The van der Waals surface area contributed by atoms with Crippen molar-refractivity contribution in [2.75, 3.05) is 18.0 Å². The van der Waals surface area contributed by atoms with Gasteiger partial charge in [0, 0.05) is 13.1 Å². The van der Waals surface area contributed by atoms with Crippen molar-refractivity contribution in [2.45, 2.75) is 19.4 Å². The maximum absolute atomic E-state index is 10.5. The van der Waals surface area contributed by atoms with Crippen LogP contribution >= 0.6 is 0 Å². The number of anilines is 1. The van der Waals surface area contributed by atoms with Gasteiger partial charge < -0.3 is 10.0 Å². The van der Waals surface area contributed by atoms with Crippen LogP contribution in [0, 0.1) is 16.0 Å². The van der Waals surface area contributed by atoms with Gasteiger partial charge in [0.05, 0.1) is 11.0 Å². The molecule has 0 amide bonds. The second kappa shape index (κ2) is 4.62. The third-order valence-electron chi connectivity index (χ3n) is 3.04. The maximum Gasteiger partial charge on any atom is 0.305 e. The van der Waals surface area contributed by atoms with E-state index in [0.29, 0.717) is 12.5 Å². The zero-order valence-electron chi connectivity index (χ0n) is 9.48. The first-order valence-electron chi connectivity index (χ1n) is 5.47. The lowest BCUT2D eigenvalue weighted by Gasteiger charge is -2.34. The van der Waals surface area contributed by atoms with E-state index < -0.39 is 11.0 Å². The van der Waals surface area contributed by atoms with Crippen LogP contribution in [-0.4, -0.2) is 39.2 Å². The van der Waals surface area contributed by atoms with Gasteiger partial charge in [0.1, 0.15) is 12.4 Å². The second-order valence-corrected chi connectivity index (χ2v) is 4.28. The summed E-state index contributed by atoms with van der Waals surface area (Å²) in [5.41, 5.74) is -0.125. The summed E-state index contributed by atoms with van der Waals surface area (Å²) in [5.74, 6) is 0.700. The average molecular weight is 238 g/mol. The largest absolute Gasteiger partial charge is 0.391 e. The minimum atomic E-state index is -0.531. The highest BCUT2D eigenvalue weighted by atomic mass is 16.6. The van der Waals surface area contributed by atoms with Crippen molar-refractivity contribution in [3.05, 3.63) is 22.5 Å². The smallest absolute Gasteiger partial charge is 0.305 e. The number of rotatable bonds is 2. The van der Waals surface area contributed by atoms with E-state index in [0.717, 1.165) is 13.0 Å². The molecular weight excluding hydrogens is 224 g/mol. The van der Waals surface area contributed by atoms with E-state index in [1.54, 1.807) is 0 Å². The predicted octanol–water partition coefficient (Wildman–Crippen LogP) is 0.592. The number of aromatic nitrogens is 2. The lowest BCUT2D eigenvalue weighted by molar-refractivity contribution is -0.385. The molecule has 0 radical (unpaired) electrons. The first-order valence-corrected chi connectivity index (χ1v) is 5.47. The van der Waals surface area contributed by atoms with E-state index in [9.17, 15) is 15.2 Å². The van der Waals surface area contributed by atoms with E-state index in [1.807, 2.05) is 11.8 Å². The van der Waals surface area contributed by atoms with Gasteiger partial charge in [-0.2, -0.15) is 0 Å². The molecule has 0 aliphatic carbocycles. The standard InChI is InChI=1S/C10H14N4O3/c1-7-2-3-13(6-9(7)15)10-11-4-8(5-12-10)14(16)17/h4-5,7,9,15H,2-3,6H2,1H3. The Morgan fingerprint density at radius 2 is 2.18 bits per heavy atom. The fourth-order valence-corrected chi connectivity index (χ4v) is 1.80. The number of piperidine rings is 1. The van der Waals surface area contributed by atoms with Crippen molar-refractivity contribution < 1.29 is 10.0 Å². The molecule has 2 heterocycles. The molecule has 1 aliphatic rings. The van der Waals surface area contributed by atoms with Crippen molar-refractivity contribution in [1.29, 1.82) is 0 Å². The number of aliphatic hydroxyl groups is 1. The monoisotopic (exact) mass is 238 g/mol. The van der Waals surface area contributed by atoms with Gasteiger partial charge in [-0.05, 0) is 12.3 Å². The number of aliphatic hydroxyl groups excluding tert-OH is 1. The van der Waals surface area contributed by atoms with E-state index >= 15 is 0 Å². The summed E-state index contributed by atoms with van der Waals surface area (Å²) in [6, 6.07) is 0. The molecule has 2 rings (SSSR count). The number of hydrogen-bond donors (Lipinski definition) is 1. The Morgan fingerprint density at radius 1 is 1.53 bits per heavy atom. The molecule has 0 bridgehead atoms. The molecule has 1 aliphatic heterocycles. The van der Waals surface area contributed by atoms with E-state index in [1.165, 1.54) is 12.4 Å². The molecular formula is C10H14N4O3. The fraction of sp³-hybridized carbons (Fsp3) is 0.600. The van der Waals surface area contributed by atoms with Crippen LogP contribution in [0.3, 0.4) is 0 Å². The van der Waals surface area contributed by atoms with Gasteiger partial charge in [0.2, 0.25) is 5.95 Å². The first kappa shape index (κ1) is 11.7. The summed E-state index contributed by atoms with van der Waals surface area (Å²) in [5, 5.41) is 20.2. The van der Waals surface area contributed by atoms with Crippen molar-refractivity contribution in [3.63, 3.8) is 0 Å². The Morgan fingerprint density at radius 3 is 2.71 bits per heavy atom. The molecule has 1 aromatic heterocycles. The van der Waals surface area contributed by atoms with E-state index in [4.69, 9.17) is 0 Å². The van der Waals surface area contributed by atoms with E-state index in [2.05, 4.69) is 9.97 Å². The Bertz CT molecular complexity index is 409. The molecule has 1 saturated heterocycles. The van der Waals surface area contributed by atoms with Gasteiger partial charge >= 0.3 is 5.69 Å². The molecule has 2 atom stereocenters. The Balaban J connectivity index is 2.10. The van der Waals surface area contributed by atoms with Gasteiger partial charge in [-0.1, -0.05) is 6.92 Å². The number of hydrogen-bond acceptors (Lipinski definition) is 6. The minimum absolute atomic E-state index is 0.125. The summed E-state index contributed by atoms with van der Waals surface area (Å²) in [7, 11) is 0. The summed E-state index contributed by atoms with van der Waals surface area (Å²) >= 11 is 0. The number of nitrogens with zero attached hydrogens (tertiary/aromatic N) is 4. The zero-order valence-corrected chi connectivity index (χ0v) is 9.48. The van der Waals surface area contributed by atoms with Crippen molar-refractivity contribution >= 4 is 11.6 Å². The molecule has 0 aromatic carbocycles. The molecule has 1 fully saturated rings. The van der Waals surface area contributed by atoms with Crippen LogP contribution in [0.4, 0.5) is 11.6 Å². The second-order valence-electron chi connectivity index (χ2n) is 4.28. The molecule has 92 valence electrons. The van der Waals surface area contributed by atoms with Gasteiger partial charge in [0.15, 0.2) is 0 Å². The average Bonchev–Trinajstić information content (AvgIpc) is 2.33. The van der Waals surface area contributed by atoms with Gasteiger partial charge in [-0.3, -0.25) is 10.1 Å². The van der Waals surface area contributed by atoms with Crippen LogP contribution in [0.2, 0.25) is 0 Å². The SMILES string of the molecule is CC1CCN(c2ncc([N+](=O)[O-])cn2)CC1O. The highest BCUT2D eigenvalue weighted by molar-refractivity contribution is 5.34. The third kappa shape index (κ3) is 2.50. The summed E-state index contributed by atoms with van der Waals surface area (Å²) in [4.78, 5) is 19.7. The molecule has 1 N–H and O–H groups in total. The lowest BCUT2D eigenvalue weighted by Crippen LogP contribution is -2.43. The zero-order chi connectivity index (χ0) is 12.4. The Labute approximate surface area is 98.3 Å². The van der Waals surface area contributed by atoms with Crippen LogP contribution in [0.15, 0.2) is 12.4 Å². The minimum Gasteiger partial charge on any atom is -0.391 e. The normalized spacial score (nSPS) is 24.7. The van der Waals surface area contributed by atoms with Crippen LogP contribution in [0.25, 0.3) is 0 Å². The fourth-order valence-electron chi connectivity index (χ4n) is 1.80. The summed E-state index contributed by atoms with van der Waals surface area (Å²) in [6.07, 6.45) is 2.84. The van der Waals surface area contributed by atoms with Crippen LogP contribution in [0.1, 0.15) is 13.3 Å². The van der Waals surface area contributed by atoms with Crippen molar-refractivity contribution in [1.82, 2.24) is 9.97 Å². The van der Waals surface area contributed by atoms with Crippen LogP contribution in [-0.2, 0) is 0 Å². The van der Waals surface area contributed by atoms with Crippen LogP contribution < -0.4 is 4.90 Å². The van der Waals surface area contributed by atoms with Gasteiger partial charge in [-0.15, -0.1) is 0 Å². The van der Waals surface area contributed by atoms with Crippen LogP contribution in [0.5, 0.6) is 0 Å². The highest BCUT2D eigenvalue weighted by Gasteiger charge is 2.25. The molecule has 7 nitrogen and oxygen atoms in total. The van der Waals surface area contributed by atoms with Crippen molar-refractivity contribution in [3.8, 4) is 0 Å². The molecule has 0 spiro atoms. The van der Waals surface area contributed by atoms with Crippen molar-refractivity contribution in [2.24, 2.45) is 5.92 Å². The Kier molecular flexibility index (Phi) is 3.19. The predicted molar refractivity (Wildman–Crippen MR) is 60.7 cm³/mol. The third-order valence-corrected chi connectivity index (χ3v) is 3.04. The number of nitro groups is 1. The first-order chi connectivity index (χ1) is 8.08. The summed E-state index contributed by atoms with van der Waals surface area (Å²) < 4.78 is 0. The van der Waals surface area contributed by atoms with Gasteiger partial charge in [-0.25, -0.2) is 9.97 Å².